The number of aromatic nitrogens is 1. The van der Waals surface area contributed by atoms with Crippen molar-refractivity contribution in [2.24, 2.45) is 10.7 Å². The summed E-state index contributed by atoms with van der Waals surface area (Å²) < 4.78 is 41.4. The van der Waals surface area contributed by atoms with Crippen LogP contribution in [0.25, 0.3) is 10.2 Å². The molecule has 10 heteroatoms. The number of fused-ring (bicyclic) bond motifs is 1. The number of hydrogen-bond acceptors (Lipinski definition) is 4. The molecule has 1 heterocycles. The van der Waals surface area contributed by atoms with Crippen molar-refractivity contribution in [1.29, 1.82) is 0 Å². The SMILES string of the molecule is I.NC(=NCc1ccc(OC(F)(F)F)cc1)NCCCc1nc2ccccc2s1. The molecule has 0 aliphatic heterocycles. The third-order valence-electron chi connectivity index (χ3n) is 3.80. The molecule has 0 fully saturated rings. The number of benzene rings is 2. The molecule has 5 nitrogen and oxygen atoms in total. The van der Waals surface area contributed by atoms with Gasteiger partial charge in [0.15, 0.2) is 5.96 Å². The van der Waals surface area contributed by atoms with Gasteiger partial charge in [-0.25, -0.2) is 9.98 Å². The molecule has 3 aromatic rings. The highest BCUT2D eigenvalue weighted by molar-refractivity contribution is 14.0. The lowest BCUT2D eigenvalue weighted by molar-refractivity contribution is -0.274. The molecule has 0 saturated heterocycles. The van der Waals surface area contributed by atoms with Crippen molar-refractivity contribution in [2.45, 2.75) is 25.7 Å². The third kappa shape index (κ3) is 7.69. The van der Waals surface area contributed by atoms with Gasteiger partial charge in [0.05, 0.1) is 21.8 Å². The fourth-order valence-corrected chi connectivity index (χ4v) is 3.52. The van der Waals surface area contributed by atoms with Crippen LogP contribution in [0.5, 0.6) is 5.75 Å². The van der Waals surface area contributed by atoms with Crippen LogP contribution in [0, 0.1) is 0 Å². The van der Waals surface area contributed by atoms with E-state index in [0.29, 0.717) is 12.5 Å². The summed E-state index contributed by atoms with van der Waals surface area (Å²) in [6.45, 7) is 0.923. The molecule has 3 rings (SSSR count). The van der Waals surface area contributed by atoms with Crippen LogP contribution in [0.15, 0.2) is 53.5 Å². The first-order valence-corrected chi connectivity index (χ1v) is 9.44. The van der Waals surface area contributed by atoms with E-state index in [4.69, 9.17) is 5.73 Å². The quantitative estimate of drug-likeness (QED) is 0.196. The van der Waals surface area contributed by atoms with E-state index in [-0.39, 0.29) is 36.3 Å². The maximum absolute atomic E-state index is 12.1. The Morgan fingerprint density at radius 1 is 1.14 bits per heavy atom. The molecule has 3 N–H and O–H groups in total. The summed E-state index contributed by atoms with van der Waals surface area (Å²) in [4.78, 5) is 8.77. The summed E-state index contributed by atoms with van der Waals surface area (Å²) in [7, 11) is 0. The van der Waals surface area contributed by atoms with E-state index in [9.17, 15) is 13.2 Å². The molecule has 156 valence electrons. The standard InChI is InChI=1S/C19H19F3N4OS.HI/c20-19(21,22)27-14-9-7-13(8-10-14)12-25-18(23)24-11-3-6-17-26-15-4-1-2-5-16(15)28-17;/h1-2,4-5,7-10H,3,6,11-12H2,(H3,23,24,25);1H. The van der Waals surface area contributed by atoms with Gasteiger partial charge in [-0.2, -0.15) is 0 Å². The minimum absolute atomic E-state index is 0. The van der Waals surface area contributed by atoms with Crippen molar-refractivity contribution >= 4 is 51.5 Å². The molecule has 0 aliphatic rings. The first-order chi connectivity index (χ1) is 13.4. The molecule has 0 spiro atoms. The number of nitrogens with zero attached hydrogens (tertiary/aromatic N) is 2. The van der Waals surface area contributed by atoms with E-state index >= 15 is 0 Å². The van der Waals surface area contributed by atoms with Crippen LogP contribution in [0.2, 0.25) is 0 Å². The zero-order valence-corrected chi connectivity index (χ0v) is 18.4. The summed E-state index contributed by atoms with van der Waals surface area (Å²) in [5.41, 5.74) is 7.58. The predicted molar refractivity (Wildman–Crippen MR) is 120 cm³/mol. The lowest BCUT2D eigenvalue weighted by atomic mass is 10.2. The molecule has 0 bridgehead atoms. The smallest absolute Gasteiger partial charge is 0.406 e. The number of aryl methyl sites for hydroxylation is 1. The van der Waals surface area contributed by atoms with Gasteiger partial charge in [0.2, 0.25) is 0 Å². The average Bonchev–Trinajstić information content (AvgIpc) is 3.06. The van der Waals surface area contributed by atoms with Gasteiger partial charge in [-0.05, 0) is 36.2 Å². The summed E-state index contributed by atoms with van der Waals surface area (Å²) in [5, 5.41) is 4.11. The van der Waals surface area contributed by atoms with Crippen LogP contribution in [0.1, 0.15) is 17.0 Å². The lowest BCUT2D eigenvalue weighted by Crippen LogP contribution is -2.32. The number of nitrogens with one attached hydrogen (secondary N) is 1. The Morgan fingerprint density at radius 3 is 2.55 bits per heavy atom. The first kappa shape index (κ1) is 23.2. The Balaban J connectivity index is 0.00000300. The van der Waals surface area contributed by atoms with Crippen LogP contribution in [-0.4, -0.2) is 23.9 Å². The number of guanidine groups is 1. The fourth-order valence-electron chi connectivity index (χ4n) is 2.51. The number of halogens is 4. The molecule has 0 aliphatic carbocycles. The maximum atomic E-state index is 12.1. The number of thiazole rings is 1. The number of alkyl halides is 3. The number of aliphatic imine (C=N–C) groups is 1. The van der Waals surface area contributed by atoms with E-state index in [0.717, 1.165) is 28.9 Å². The van der Waals surface area contributed by atoms with E-state index in [1.54, 1.807) is 11.3 Å². The third-order valence-corrected chi connectivity index (χ3v) is 4.90. The second kappa shape index (κ2) is 10.6. The largest absolute Gasteiger partial charge is 0.573 e. The Kier molecular flexibility index (Phi) is 8.50. The van der Waals surface area contributed by atoms with Crippen molar-refractivity contribution in [2.75, 3.05) is 6.54 Å². The molecular formula is C19H20F3IN4OS. The van der Waals surface area contributed by atoms with Gasteiger partial charge in [-0.15, -0.1) is 48.5 Å². The van der Waals surface area contributed by atoms with Crippen LogP contribution in [0.3, 0.4) is 0 Å². The van der Waals surface area contributed by atoms with E-state index in [2.05, 4.69) is 26.1 Å². The van der Waals surface area contributed by atoms with Crippen LogP contribution >= 0.6 is 35.3 Å². The summed E-state index contributed by atoms with van der Waals surface area (Å²) in [6, 6.07) is 13.6. The molecule has 0 unspecified atom stereocenters. The second-order valence-electron chi connectivity index (χ2n) is 6.00. The van der Waals surface area contributed by atoms with Gasteiger partial charge in [-0.1, -0.05) is 24.3 Å². The molecule has 0 amide bonds. The normalized spacial score (nSPS) is 11.9. The molecule has 29 heavy (non-hydrogen) atoms. The summed E-state index contributed by atoms with van der Waals surface area (Å²) in [6.07, 6.45) is -2.99. The first-order valence-electron chi connectivity index (χ1n) is 8.62. The number of ether oxygens (including phenoxy) is 1. The molecule has 2 aromatic carbocycles. The van der Waals surface area contributed by atoms with Gasteiger partial charge in [-0.3, -0.25) is 0 Å². The summed E-state index contributed by atoms with van der Waals surface area (Å²) in [5.74, 6) is 0.0288. The van der Waals surface area contributed by atoms with E-state index in [1.165, 1.54) is 29.0 Å². The highest BCUT2D eigenvalue weighted by atomic mass is 127. The van der Waals surface area contributed by atoms with Crippen LogP contribution < -0.4 is 15.8 Å². The number of hydrogen-bond donors (Lipinski definition) is 2. The average molecular weight is 536 g/mol. The van der Waals surface area contributed by atoms with E-state index < -0.39 is 6.36 Å². The van der Waals surface area contributed by atoms with Gasteiger partial charge in [0.1, 0.15) is 5.75 Å². The van der Waals surface area contributed by atoms with Crippen molar-refractivity contribution < 1.29 is 17.9 Å². The minimum atomic E-state index is -4.70. The van der Waals surface area contributed by atoms with Crippen molar-refractivity contribution in [3.05, 3.63) is 59.1 Å². The van der Waals surface area contributed by atoms with Crippen molar-refractivity contribution in [3.8, 4) is 5.75 Å². The van der Waals surface area contributed by atoms with Gasteiger partial charge >= 0.3 is 6.36 Å². The Hall–Kier alpha value is -2.08. The zero-order valence-electron chi connectivity index (χ0n) is 15.3. The number of para-hydroxylation sites is 1. The van der Waals surface area contributed by atoms with Crippen LogP contribution in [-0.2, 0) is 13.0 Å². The zero-order chi connectivity index (χ0) is 20.0. The molecule has 0 radical (unpaired) electrons. The highest BCUT2D eigenvalue weighted by Crippen LogP contribution is 2.23. The topological polar surface area (TPSA) is 72.5 Å². The monoisotopic (exact) mass is 536 g/mol. The lowest BCUT2D eigenvalue weighted by Gasteiger charge is -2.09. The van der Waals surface area contributed by atoms with Gasteiger partial charge < -0.3 is 15.8 Å². The molecular weight excluding hydrogens is 516 g/mol. The Morgan fingerprint density at radius 2 is 1.86 bits per heavy atom. The fraction of sp³-hybridized carbons (Fsp3) is 0.263. The predicted octanol–water partition coefficient (Wildman–Crippen LogP) is 4.85. The number of rotatable bonds is 7. The molecule has 0 atom stereocenters. The van der Waals surface area contributed by atoms with Gasteiger partial charge in [0, 0.05) is 13.0 Å². The molecule has 1 aromatic heterocycles. The van der Waals surface area contributed by atoms with Crippen LogP contribution in [0.4, 0.5) is 13.2 Å². The van der Waals surface area contributed by atoms with Crippen molar-refractivity contribution in [3.63, 3.8) is 0 Å². The van der Waals surface area contributed by atoms with E-state index in [1.807, 2.05) is 18.2 Å². The molecule has 0 saturated carbocycles. The Bertz CT molecular complexity index is 912. The highest BCUT2D eigenvalue weighted by Gasteiger charge is 2.30. The minimum Gasteiger partial charge on any atom is -0.406 e. The van der Waals surface area contributed by atoms with Crippen molar-refractivity contribution in [1.82, 2.24) is 10.3 Å². The Labute approximate surface area is 187 Å². The second-order valence-corrected chi connectivity index (χ2v) is 7.11. The summed E-state index contributed by atoms with van der Waals surface area (Å²) >= 11 is 1.69. The van der Waals surface area contributed by atoms with Gasteiger partial charge in [0.25, 0.3) is 0 Å². The number of nitrogens with two attached hydrogens (primary N) is 1. The maximum Gasteiger partial charge on any atom is 0.573 e.